The van der Waals surface area contributed by atoms with Crippen molar-refractivity contribution in [1.29, 1.82) is 0 Å². The van der Waals surface area contributed by atoms with Crippen LogP contribution in [0.1, 0.15) is 35.1 Å². The van der Waals surface area contributed by atoms with Crippen molar-refractivity contribution in [2.45, 2.75) is 33.6 Å². The van der Waals surface area contributed by atoms with E-state index >= 15 is 0 Å². The molecule has 0 aliphatic carbocycles. The van der Waals surface area contributed by atoms with Gasteiger partial charge in [-0.3, -0.25) is 0 Å². The number of hydrogen-bond donors (Lipinski definition) is 2. The van der Waals surface area contributed by atoms with Crippen molar-refractivity contribution in [3.63, 3.8) is 0 Å². The predicted molar refractivity (Wildman–Crippen MR) is 68.4 cm³/mol. The molecule has 3 heteroatoms. The number of rotatable bonds is 3. The summed E-state index contributed by atoms with van der Waals surface area (Å²) in [6.07, 6.45) is 1.50. The van der Waals surface area contributed by atoms with E-state index in [1.54, 1.807) is 0 Å². The zero-order valence-electron chi connectivity index (χ0n) is 10.5. The van der Waals surface area contributed by atoms with E-state index in [4.69, 9.17) is 0 Å². The third-order valence-electron chi connectivity index (χ3n) is 3.10. The molecule has 2 N–H and O–H groups in total. The summed E-state index contributed by atoms with van der Waals surface area (Å²) < 4.78 is 0. The third kappa shape index (κ3) is 2.49. The molecule has 17 heavy (non-hydrogen) atoms. The van der Waals surface area contributed by atoms with Gasteiger partial charge in [-0.25, -0.2) is 0 Å². The number of aromatic nitrogens is 2. The SMILES string of the molecule is CCc1[nH]c(Cc2ccc(C)c(C)c2)nc1O. The molecular weight excluding hydrogens is 212 g/mol. The largest absolute Gasteiger partial charge is 0.492 e. The second-order valence-corrected chi connectivity index (χ2v) is 4.43. The topological polar surface area (TPSA) is 48.9 Å². The molecule has 1 heterocycles. The quantitative estimate of drug-likeness (QED) is 0.851. The summed E-state index contributed by atoms with van der Waals surface area (Å²) in [5.74, 6) is 0.953. The first-order valence-electron chi connectivity index (χ1n) is 5.93. The van der Waals surface area contributed by atoms with Crippen LogP contribution < -0.4 is 0 Å². The molecule has 0 saturated carbocycles. The van der Waals surface area contributed by atoms with E-state index in [1.165, 1.54) is 16.7 Å². The average molecular weight is 230 g/mol. The van der Waals surface area contributed by atoms with Crippen LogP contribution in [0.5, 0.6) is 5.88 Å². The first-order valence-corrected chi connectivity index (χ1v) is 5.93. The van der Waals surface area contributed by atoms with E-state index in [0.717, 1.165) is 24.4 Å². The van der Waals surface area contributed by atoms with Gasteiger partial charge in [0.2, 0.25) is 5.88 Å². The van der Waals surface area contributed by atoms with Crippen LogP contribution in [-0.2, 0) is 12.8 Å². The molecule has 0 saturated heterocycles. The van der Waals surface area contributed by atoms with Crippen LogP contribution in [-0.4, -0.2) is 15.1 Å². The highest BCUT2D eigenvalue weighted by atomic mass is 16.3. The molecule has 2 rings (SSSR count). The summed E-state index contributed by atoms with van der Waals surface area (Å²) in [4.78, 5) is 7.28. The van der Waals surface area contributed by atoms with Crippen molar-refractivity contribution >= 4 is 0 Å². The fraction of sp³-hybridized carbons (Fsp3) is 0.357. The molecule has 0 amide bonds. The Morgan fingerprint density at radius 1 is 1.24 bits per heavy atom. The number of hydrogen-bond acceptors (Lipinski definition) is 2. The van der Waals surface area contributed by atoms with Gasteiger partial charge in [0.25, 0.3) is 0 Å². The average Bonchev–Trinajstić information content (AvgIpc) is 2.64. The number of nitrogens with zero attached hydrogens (tertiary/aromatic N) is 1. The van der Waals surface area contributed by atoms with Crippen molar-refractivity contribution in [2.75, 3.05) is 0 Å². The molecule has 1 aromatic carbocycles. The molecule has 3 nitrogen and oxygen atoms in total. The van der Waals surface area contributed by atoms with Crippen molar-refractivity contribution < 1.29 is 5.11 Å². The standard InChI is InChI=1S/C14H18N2O/c1-4-12-14(17)16-13(15-12)8-11-6-5-9(2)10(3)7-11/h5-7,17H,4,8H2,1-3H3,(H,15,16). The monoisotopic (exact) mass is 230 g/mol. The van der Waals surface area contributed by atoms with E-state index < -0.39 is 0 Å². The summed E-state index contributed by atoms with van der Waals surface area (Å²) in [5, 5.41) is 9.57. The number of benzene rings is 1. The van der Waals surface area contributed by atoms with Gasteiger partial charge in [-0.1, -0.05) is 25.1 Å². The molecule has 2 aromatic rings. The lowest BCUT2D eigenvalue weighted by Gasteiger charge is -2.03. The highest BCUT2D eigenvalue weighted by Gasteiger charge is 2.07. The number of aromatic hydroxyl groups is 1. The van der Waals surface area contributed by atoms with Gasteiger partial charge in [-0.05, 0) is 37.0 Å². The van der Waals surface area contributed by atoms with Crippen LogP contribution >= 0.6 is 0 Å². The van der Waals surface area contributed by atoms with Crippen molar-refractivity contribution in [3.8, 4) is 5.88 Å². The fourth-order valence-corrected chi connectivity index (χ4v) is 1.89. The molecule has 0 radical (unpaired) electrons. The molecule has 1 aromatic heterocycles. The van der Waals surface area contributed by atoms with Gasteiger partial charge in [0.1, 0.15) is 5.82 Å². The lowest BCUT2D eigenvalue weighted by Crippen LogP contribution is -1.93. The minimum absolute atomic E-state index is 0.131. The Morgan fingerprint density at radius 2 is 2.00 bits per heavy atom. The maximum absolute atomic E-state index is 9.57. The van der Waals surface area contributed by atoms with E-state index in [1.807, 2.05) is 6.92 Å². The molecule has 0 fully saturated rings. The number of imidazole rings is 1. The summed E-state index contributed by atoms with van der Waals surface area (Å²) in [6, 6.07) is 6.39. The Kier molecular flexibility index (Phi) is 3.18. The first-order chi connectivity index (χ1) is 8.10. The van der Waals surface area contributed by atoms with Crippen molar-refractivity contribution in [3.05, 3.63) is 46.4 Å². The van der Waals surface area contributed by atoms with Crippen LogP contribution in [0.2, 0.25) is 0 Å². The van der Waals surface area contributed by atoms with Gasteiger partial charge in [0.15, 0.2) is 0 Å². The zero-order chi connectivity index (χ0) is 12.4. The Morgan fingerprint density at radius 3 is 2.59 bits per heavy atom. The van der Waals surface area contributed by atoms with Crippen LogP contribution in [0.15, 0.2) is 18.2 Å². The molecular formula is C14H18N2O. The van der Waals surface area contributed by atoms with E-state index in [2.05, 4.69) is 42.0 Å². The van der Waals surface area contributed by atoms with Crippen LogP contribution in [0.25, 0.3) is 0 Å². The van der Waals surface area contributed by atoms with E-state index in [-0.39, 0.29) is 5.88 Å². The maximum Gasteiger partial charge on any atom is 0.232 e. The fourth-order valence-electron chi connectivity index (χ4n) is 1.89. The summed E-state index contributed by atoms with van der Waals surface area (Å²) in [6.45, 7) is 6.20. The number of aromatic amines is 1. The highest BCUT2D eigenvalue weighted by Crippen LogP contribution is 2.17. The molecule has 0 aliphatic heterocycles. The second kappa shape index (κ2) is 4.62. The van der Waals surface area contributed by atoms with Crippen LogP contribution in [0.4, 0.5) is 0 Å². The van der Waals surface area contributed by atoms with Crippen molar-refractivity contribution in [2.24, 2.45) is 0 Å². The Bertz CT molecular complexity index is 529. The predicted octanol–water partition coefficient (Wildman–Crippen LogP) is 2.89. The maximum atomic E-state index is 9.57. The molecule has 0 aliphatic rings. The van der Waals surface area contributed by atoms with Crippen LogP contribution in [0, 0.1) is 13.8 Å². The molecule has 0 spiro atoms. The zero-order valence-corrected chi connectivity index (χ0v) is 10.5. The normalized spacial score (nSPS) is 10.8. The first kappa shape index (κ1) is 11.7. The Hall–Kier alpha value is -1.77. The van der Waals surface area contributed by atoms with Crippen molar-refractivity contribution in [1.82, 2.24) is 9.97 Å². The van der Waals surface area contributed by atoms with Crippen LogP contribution in [0.3, 0.4) is 0 Å². The minimum atomic E-state index is 0.131. The van der Waals surface area contributed by atoms with Gasteiger partial charge >= 0.3 is 0 Å². The van der Waals surface area contributed by atoms with Gasteiger partial charge in [-0.2, -0.15) is 4.98 Å². The highest BCUT2D eigenvalue weighted by molar-refractivity contribution is 5.32. The lowest BCUT2D eigenvalue weighted by molar-refractivity contribution is 0.449. The minimum Gasteiger partial charge on any atom is -0.492 e. The molecule has 90 valence electrons. The third-order valence-corrected chi connectivity index (χ3v) is 3.10. The van der Waals surface area contributed by atoms with E-state index in [0.29, 0.717) is 0 Å². The molecule has 0 bridgehead atoms. The number of H-pyrrole nitrogens is 1. The lowest BCUT2D eigenvalue weighted by atomic mass is 10.0. The Balaban J connectivity index is 2.22. The Labute approximate surface area is 102 Å². The van der Waals surface area contributed by atoms with Gasteiger partial charge < -0.3 is 10.1 Å². The van der Waals surface area contributed by atoms with Gasteiger partial charge in [0, 0.05) is 6.42 Å². The van der Waals surface area contributed by atoms with E-state index in [9.17, 15) is 5.11 Å². The number of nitrogens with one attached hydrogen (secondary N) is 1. The molecule has 0 atom stereocenters. The molecule has 0 unspecified atom stereocenters. The summed E-state index contributed by atoms with van der Waals surface area (Å²) in [5.41, 5.74) is 4.60. The van der Waals surface area contributed by atoms with Gasteiger partial charge in [0.05, 0.1) is 5.69 Å². The summed E-state index contributed by atoms with van der Waals surface area (Å²) >= 11 is 0. The number of aryl methyl sites for hydroxylation is 3. The summed E-state index contributed by atoms with van der Waals surface area (Å²) in [7, 11) is 0. The van der Waals surface area contributed by atoms with Gasteiger partial charge in [-0.15, -0.1) is 0 Å². The second-order valence-electron chi connectivity index (χ2n) is 4.43. The smallest absolute Gasteiger partial charge is 0.232 e.